The second-order valence-electron chi connectivity index (χ2n) is 2.79. The van der Waals surface area contributed by atoms with E-state index in [-0.39, 0.29) is 12.4 Å². The van der Waals surface area contributed by atoms with Gasteiger partial charge in [0.15, 0.2) is 5.78 Å². The standard InChI is InChI=1S/C8H12N2O3/c1-2-5(9)7(11)6-3-4-13-8(12)10-6/h2,5-6H,1,3-4,9H2,(H,10,12)/t5-,6+/m1/s1. The van der Waals surface area contributed by atoms with Gasteiger partial charge in [-0.25, -0.2) is 4.79 Å². The van der Waals surface area contributed by atoms with Crippen LogP contribution in [0.15, 0.2) is 12.7 Å². The zero-order valence-corrected chi connectivity index (χ0v) is 7.16. The summed E-state index contributed by atoms with van der Waals surface area (Å²) in [6.45, 7) is 3.66. The third kappa shape index (κ3) is 2.29. The minimum atomic E-state index is -0.719. The Balaban J connectivity index is 2.55. The predicted octanol–water partition coefficient (Wildman–Crippen LogP) is -0.433. The van der Waals surface area contributed by atoms with E-state index in [1.165, 1.54) is 6.08 Å². The van der Waals surface area contributed by atoms with Crippen molar-refractivity contribution in [3.63, 3.8) is 0 Å². The molecular formula is C8H12N2O3. The molecule has 1 amide bonds. The van der Waals surface area contributed by atoms with Crippen LogP contribution in [0.4, 0.5) is 4.79 Å². The molecule has 1 aliphatic heterocycles. The summed E-state index contributed by atoms with van der Waals surface area (Å²) in [6.07, 6.45) is 1.25. The van der Waals surface area contributed by atoms with Crippen molar-refractivity contribution in [3.05, 3.63) is 12.7 Å². The first-order chi connectivity index (χ1) is 6.15. The topological polar surface area (TPSA) is 81.4 Å². The SMILES string of the molecule is C=C[C@@H](N)C(=O)[C@@H]1CCOC(=O)N1. The van der Waals surface area contributed by atoms with Crippen molar-refractivity contribution in [1.82, 2.24) is 5.32 Å². The lowest BCUT2D eigenvalue weighted by Gasteiger charge is -2.23. The molecule has 5 heteroatoms. The van der Waals surface area contributed by atoms with Gasteiger partial charge in [0, 0.05) is 6.42 Å². The number of hydrogen-bond donors (Lipinski definition) is 2. The Kier molecular flexibility index (Phi) is 3.02. The van der Waals surface area contributed by atoms with Crippen molar-refractivity contribution < 1.29 is 14.3 Å². The second kappa shape index (κ2) is 4.04. The highest BCUT2D eigenvalue weighted by atomic mass is 16.5. The summed E-state index contributed by atoms with van der Waals surface area (Å²) in [5.74, 6) is -0.230. The van der Waals surface area contributed by atoms with E-state index in [2.05, 4.69) is 16.6 Å². The molecule has 1 saturated heterocycles. The Morgan fingerprint density at radius 2 is 2.54 bits per heavy atom. The lowest BCUT2D eigenvalue weighted by molar-refractivity contribution is -0.122. The Morgan fingerprint density at radius 1 is 1.85 bits per heavy atom. The summed E-state index contributed by atoms with van der Waals surface area (Å²) in [4.78, 5) is 22.1. The summed E-state index contributed by atoms with van der Waals surface area (Å²) in [5.41, 5.74) is 5.43. The first-order valence-corrected chi connectivity index (χ1v) is 4.00. The number of ether oxygens (including phenoxy) is 1. The smallest absolute Gasteiger partial charge is 0.407 e. The maximum absolute atomic E-state index is 11.4. The molecule has 13 heavy (non-hydrogen) atoms. The minimum absolute atomic E-state index is 0.230. The lowest BCUT2D eigenvalue weighted by atomic mass is 10.0. The normalized spacial score (nSPS) is 24.1. The van der Waals surface area contributed by atoms with Crippen molar-refractivity contribution >= 4 is 11.9 Å². The third-order valence-corrected chi connectivity index (χ3v) is 1.86. The van der Waals surface area contributed by atoms with E-state index in [1.807, 2.05) is 0 Å². The van der Waals surface area contributed by atoms with Crippen molar-refractivity contribution in [2.24, 2.45) is 5.73 Å². The molecular weight excluding hydrogens is 172 g/mol. The van der Waals surface area contributed by atoms with Crippen LogP contribution < -0.4 is 11.1 Å². The van der Waals surface area contributed by atoms with Crippen molar-refractivity contribution in [2.75, 3.05) is 6.61 Å². The van der Waals surface area contributed by atoms with E-state index in [4.69, 9.17) is 5.73 Å². The van der Waals surface area contributed by atoms with E-state index in [0.717, 1.165) is 0 Å². The number of nitrogens with two attached hydrogens (primary N) is 1. The molecule has 1 fully saturated rings. The van der Waals surface area contributed by atoms with Gasteiger partial charge in [0.25, 0.3) is 0 Å². The van der Waals surface area contributed by atoms with Crippen LogP contribution in [-0.2, 0) is 9.53 Å². The summed E-state index contributed by atoms with van der Waals surface area (Å²) >= 11 is 0. The van der Waals surface area contributed by atoms with Gasteiger partial charge in [-0.15, -0.1) is 6.58 Å². The predicted molar refractivity (Wildman–Crippen MR) is 46.1 cm³/mol. The number of cyclic esters (lactones) is 1. The summed E-state index contributed by atoms with van der Waals surface area (Å²) in [7, 11) is 0. The maximum Gasteiger partial charge on any atom is 0.407 e. The van der Waals surface area contributed by atoms with E-state index >= 15 is 0 Å². The van der Waals surface area contributed by atoms with Crippen molar-refractivity contribution in [2.45, 2.75) is 18.5 Å². The number of nitrogens with one attached hydrogen (secondary N) is 1. The quantitative estimate of drug-likeness (QED) is 0.583. The molecule has 0 saturated carbocycles. The van der Waals surface area contributed by atoms with Gasteiger partial charge in [0.1, 0.15) is 0 Å². The highest BCUT2D eigenvalue weighted by molar-refractivity contribution is 5.93. The lowest BCUT2D eigenvalue weighted by Crippen LogP contribution is -2.51. The molecule has 2 atom stereocenters. The largest absolute Gasteiger partial charge is 0.449 e. The number of carbonyl (C=O) groups excluding carboxylic acids is 2. The van der Waals surface area contributed by atoms with Gasteiger partial charge in [-0.2, -0.15) is 0 Å². The zero-order chi connectivity index (χ0) is 9.84. The van der Waals surface area contributed by atoms with Gasteiger partial charge in [0.2, 0.25) is 0 Å². The summed E-state index contributed by atoms with van der Waals surface area (Å²) in [5, 5.41) is 2.39. The Bertz CT molecular complexity index is 240. The highest BCUT2D eigenvalue weighted by Gasteiger charge is 2.27. The number of rotatable bonds is 3. The van der Waals surface area contributed by atoms with Crippen LogP contribution in [0, 0.1) is 0 Å². The first kappa shape index (κ1) is 9.73. The molecule has 0 unspecified atom stereocenters. The van der Waals surface area contributed by atoms with Crippen LogP contribution in [0.1, 0.15) is 6.42 Å². The Labute approximate surface area is 75.9 Å². The fourth-order valence-electron chi connectivity index (χ4n) is 1.09. The number of Topliss-reactive ketones (excluding diaryl/α,β-unsaturated/α-hetero) is 1. The fourth-order valence-corrected chi connectivity index (χ4v) is 1.09. The maximum atomic E-state index is 11.4. The summed E-state index contributed by atoms with van der Waals surface area (Å²) in [6, 6.07) is -1.25. The van der Waals surface area contributed by atoms with Gasteiger partial charge in [-0.1, -0.05) is 6.08 Å². The fraction of sp³-hybridized carbons (Fsp3) is 0.500. The summed E-state index contributed by atoms with van der Waals surface area (Å²) < 4.78 is 4.60. The second-order valence-corrected chi connectivity index (χ2v) is 2.79. The molecule has 72 valence electrons. The van der Waals surface area contributed by atoms with Gasteiger partial charge in [0.05, 0.1) is 18.7 Å². The Morgan fingerprint density at radius 3 is 3.08 bits per heavy atom. The molecule has 1 heterocycles. The van der Waals surface area contributed by atoms with Crippen LogP contribution >= 0.6 is 0 Å². The van der Waals surface area contributed by atoms with Gasteiger partial charge in [-0.3, -0.25) is 4.79 Å². The van der Waals surface area contributed by atoms with Crippen LogP contribution in [0.2, 0.25) is 0 Å². The van der Waals surface area contributed by atoms with E-state index in [0.29, 0.717) is 6.42 Å². The number of alkyl carbamates (subject to hydrolysis) is 1. The third-order valence-electron chi connectivity index (χ3n) is 1.86. The van der Waals surface area contributed by atoms with Crippen LogP contribution in [0.5, 0.6) is 0 Å². The molecule has 0 aromatic carbocycles. The molecule has 3 N–H and O–H groups in total. The number of ketones is 1. The zero-order valence-electron chi connectivity index (χ0n) is 7.16. The molecule has 0 aliphatic carbocycles. The molecule has 0 spiro atoms. The van der Waals surface area contributed by atoms with E-state index < -0.39 is 18.2 Å². The minimum Gasteiger partial charge on any atom is -0.449 e. The van der Waals surface area contributed by atoms with Crippen molar-refractivity contribution in [3.8, 4) is 0 Å². The molecule has 1 aliphatic rings. The number of amides is 1. The monoisotopic (exact) mass is 184 g/mol. The van der Waals surface area contributed by atoms with Crippen LogP contribution in [0.3, 0.4) is 0 Å². The van der Waals surface area contributed by atoms with Gasteiger partial charge < -0.3 is 15.8 Å². The number of carbonyl (C=O) groups is 2. The molecule has 0 bridgehead atoms. The molecule has 5 nitrogen and oxygen atoms in total. The number of hydrogen-bond acceptors (Lipinski definition) is 4. The van der Waals surface area contributed by atoms with Crippen molar-refractivity contribution in [1.29, 1.82) is 0 Å². The molecule has 0 radical (unpaired) electrons. The van der Waals surface area contributed by atoms with Gasteiger partial charge >= 0.3 is 6.09 Å². The highest BCUT2D eigenvalue weighted by Crippen LogP contribution is 2.04. The average molecular weight is 184 g/mol. The van der Waals surface area contributed by atoms with Crippen LogP contribution in [0.25, 0.3) is 0 Å². The molecule has 0 aromatic rings. The van der Waals surface area contributed by atoms with Gasteiger partial charge in [-0.05, 0) is 0 Å². The average Bonchev–Trinajstić information content (AvgIpc) is 2.15. The van der Waals surface area contributed by atoms with Crippen LogP contribution in [-0.4, -0.2) is 30.6 Å². The van der Waals surface area contributed by atoms with E-state index in [1.54, 1.807) is 0 Å². The molecule has 0 aromatic heterocycles. The first-order valence-electron chi connectivity index (χ1n) is 4.00. The molecule has 1 rings (SSSR count). The Hall–Kier alpha value is -1.36. The van der Waals surface area contributed by atoms with E-state index in [9.17, 15) is 9.59 Å².